The molecule has 2 spiro atoms. The molecule has 2 heteroatoms. The van der Waals surface area contributed by atoms with E-state index in [1.54, 1.807) is 0 Å². The maximum atomic E-state index is 2.55. The van der Waals surface area contributed by atoms with E-state index in [-0.39, 0.29) is 0 Å². The molecule has 18 aromatic carbocycles. The minimum atomic E-state index is -0.594. The van der Waals surface area contributed by atoms with Gasteiger partial charge in [-0.3, -0.25) is 0 Å². The monoisotopic (exact) mass is 1280 g/mol. The van der Waals surface area contributed by atoms with Crippen LogP contribution in [0.3, 0.4) is 0 Å². The lowest BCUT2D eigenvalue weighted by Gasteiger charge is -2.32. The summed E-state index contributed by atoms with van der Waals surface area (Å²) in [5, 5.41) is 15.0. The molecule has 0 heterocycles. The van der Waals surface area contributed by atoms with Crippen LogP contribution in [0.2, 0.25) is 0 Å². The summed E-state index contributed by atoms with van der Waals surface area (Å²) in [4.78, 5) is 4.89. The van der Waals surface area contributed by atoms with Gasteiger partial charge in [0, 0.05) is 34.1 Å². The van der Waals surface area contributed by atoms with Crippen LogP contribution in [0.5, 0.6) is 0 Å². The number of hydrogen-bond acceptors (Lipinski definition) is 2. The Balaban J connectivity index is 0.729. The smallest absolute Gasteiger partial charge is 0.0731 e. The van der Waals surface area contributed by atoms with Gasteiger partial charge in [-0.15, -0.1) is 0 Å². The predicted octanol–water partition coefficient (Wildman–Crippen LogP) is 26.2. The molecule has 0 atom stereocenters. The summed E-state index contributed by atoms with van der Waals surface area (Å²) >= 11 is 0. The highest BCUT2D eigenvalue weighted by Crippen LogP contribution is 2.68. The van der Waals surface area contributed by atoms with E-state index in [1.807, 2.05) is 0 Å². The maximum absolute atomic E-state index is 2.55. The number of hydrogen-bond donors (Lipinski definition) is 0. The van der Waals surface area contributed by atoms with Gasteiger partial charge in [0.15, 0.2) is 0 Å². The van der Waals surface area contributed by atoms with Gasteiger partial charge in [-0.05, 0) is 274 Å². The zero-order valence-corrected chi connectivity index (χ0v) is 55.5. The van der Waals surface area contributed by atoms with Crippen molar-refractivity contribution in [1.82, 2.24) is 0 Å². The highest BCUT2D eigenvalue weighted by Gasteiger charge is 2.55. The average Bonchev–Trinajstić information content (AvgIpc) is 1.50. The molecule has 0 unspecified atom stereocenters. The molecule has 0 saturated carbocycles. The number of rotatable bonds is 7. The molecule has 0 bridgehead atoms. The minimum absolute atomic E-state index is 0.544. The Morgan fingerprint density at radius 1 is 0.208 bits per heavy atom. The zero-order valence-electron chi connectivity index (χ0n) is 55.5. The molecule has 2 nitrogen and oxygen atoms in total. The van der Waals surface area contributed by atoms with Crippen LogP contribution in [-0.2, 0) is 10.8 Å². The van der Waals surface area contributed by atoms with Gasteiger partial charge in [-0.25, -0.2) is 0 Å². The molecule has 0 fully saturated rings. The first kappa shape index (κ1) is 56.2. The second-order valence-corrected chi connectivity index (χ2v) is 28.1. The van der Waals surface area contributed by atoms with Crippen LogP contribution in [0.25, 0.3) is 120 Å². The first-order valence-corrected chi connectivity index (χ1v) is 35.4. The van der Waals surface area contributed by atoms with Gasteiger partial charge >= 0.3 is 0 Å². The highest BCUT2D eigenvalue weighted by molar-refractivity contribution is 6.23. The lowest BCUT2D eigenvalue weighted by molar-refractivity contribution is 0.803. The second-order valence-electron chi connectivity index (χ2n) is 28.1. The zero-order chi connectivity index (χ0) is 66.2. The Hall–Kier alpha value is -12.9. The number of fused-ring (bicyclic) bond motifs is 32. The van der Waals surface area contributed by atoms with Gasteiger partial charge in [0.05, 0.1) is 10.8 Å². The molecular weight excluding hydrogens is 1220 g/mol. The fourth-order valence-electron chi connectivity index (χ4n) is 19.3. The van der Waals surface area contributed by atoms with E-state index in [0.717, 1.165) is 39.7 Å². The van der Waals surface area contributed by atoms with Crippen molar-refractivity contribution in [3.8, 4) is 55.6 Å². The van der Waals surface area contributed by atoms with Crippen LogP contribution in [0.15, 0.2) is 358 Å². The highest BCUT2D eigenvalue weighted by atomic mass is 15.1. The van der Waals surface area contributed by atoms with Crippen molar-refractivity contribution < 1.29 is 0 Å². The molecule has 468 valence electrons. The summed E-state index contributed by atoms with van der Waals surface area (Å²) in [5.41, 5.74) is 30.3. The van der Waals surface area contributed by atoms with Crippen LogP contribution in [0.4, 0.5) is 34.1 Å². The van der Waals surface area contributed by atoms with Crippen LogP contribution < -0.4 is 9.80 Å². The Kier molecular flexibility index (Phi) is 11.7. The topological polar surface area (TPSA) is 6.48 Å². The van der Waals surface area contributed by atoms with Crippen LogP contribution in [0, 0.1) is 6.92 Å². The lowest BCUT2D eigenvalue weighted by atomic mass is 9.69. The molecule has 0 aromatic heterocycles. The molecule has 0 N–H and O–H groups in total. The number of aryl methyl sites for hydroxylation is 1. The van der Waals surface area contributed by atoms with Crippen molar-refractivity contribution in [2.45, 2.75) is 17.8 Å². The van der Waals surface area contributed by atoms with Crippen LogP contribution in [0.1, 0.15) is 50.1 Å². The lowest BCUT2D eigenvalue weighted by Crippen LogP contribution is -2.26. The summed E-state index contributed by atoms with van der Waals surface area (Å²) in [6.07, 6.45) is 0. The van der Waals surface area contributed by atoms with E-state index >= 15 is 0 Å². The minimum Gasteiger partial charge on any atom is -0.310 e. The number of anilines is 6. The fourth-order valence-corrected chi connectivity index (χ4v) is 19.3. The van der Waals surface area contributed by atoms with Crippen LogP contribution >= 0.6 is 0 Å². The number of para-hydroxylation sites is 3. The third-order valence-electron chi connectivity index (χ3n) is 23.2. The van der Waals surface area contributed by atoms with Crippen molar-refractivity contribution in [3.05, 3.63) is 408 Å². The summed E-state index contributed by atoms with van der Waals surface area (Å²) < 4.78 is 0. The molecular formula is C99H62N2. The van der Waals surface area contributed by atoms with Gasteiger partial charge in [0.1, 0.15) is 0 Å². The summed E-state index contributed by atoms with van der Waals surface area (Å²) in [5.74, 6) is 0. The standard InChI is InChI=1S/C99H62N2/c1-61-25-8-23-46-93(61)101(69-31-6-3-7-32-69)72-50-52-82-84(60-72)74-35-12-14-41-80(74)95-86-56-67-53-65(47-48-66(67)58-92(86)99(97(82)95)89-44-21-17-38-77(89)78-39-18-22-45-90(78)99)62-28-24-33-70(54-62)100(68-29-4-2-5-30-68)71-49-51-81-83(59-71)73-34-11-13-40-79(73)94-85-55-63-26-9-10-27-64(63)57-91(85)98(96(81)94)87-42-19-15-36-75(87)76-37-16-20-43-88(76)98/h2-60H,1H3. The average molecular weight is 1280 g/mol. The summed E-state index contributed by atoms with van der Waals surface area (Å²) in [6, 6.07) is 136. The summed E-state index contributed by atoms with van der Waals surface area (Å²) in [6.45, 7) is 2.22. The second kappa shape index (κ2) is 21.1. The molecule has 0 saturated heterocycles. The van der Waals surface area contributed by atoms with Gasteiger partial charge in [0.2, 0.25) is 0 Å². The van der Waals surface area contributed by atoms with Crippen molar-refractivity contribution >= 4 is 98.8 Å². The Morgan fingerprint density at radius 3 is 1.14 bits per heavy atom. The van der Waals surface area contributed by atoms with E-state index in [4.69, 9.17) is 0 Å². The number of nitrogens with zero attached hydrogens (tertiary/aromatic N) is 2. The Morgan fingerprint density at radius 2 is 0.604 bits per heavy atom. The van der Waals surface area contributed by atoms with Crippen molar-refractivity contribution in [3.63, 3.8) is 0 Å². The molecule has 18 aromatic rings. The van der Waals surface area contributed by atoms with Crippen LogP contribution in [-0.4, -0.2) is 0 Å². The SMILES string of the molecule is Cc1ccccc1N(c1ccccc1)c1ccc2c3c(c4ccccc4c2c1)-c1cc2cc(-c4cccc(N(c5ccccc5)c5ccc6c7c(c8ccccc8c6c5)-c5cc6ccccc6cc5C75c6ccccc6-c6ccccc65)c4)ccc2cc1C31c2ccccc2-c2ccccc21. The van der Waals surface area contributed by atoms with E-state index < -0.39 is 10.8 Å². The van der Waals surface area contributed by atoms with Gasteiger partial charge in [-0.2, -0.15) is 0 Å². The van der Waals surface area contributed by atoms with Crippen molar-refractivity contribution in [1.29, 1.82) is 0 Å². The number of benzene rings is 18. The van der Waals surface area contributed by atoms with Gasteiger partial charge in [0.25, 0.3) is 0 Å². The van der Waals surface area contributed by atoms with E-state index in [9.17, 15) is 0 Å². The van der Waals surface area contributed by atoms with E-state index in [2.05, 4.69) is 375 Å². The fraction of sp³-hybridized carbons (Fsp3) is 0.0303. The predicted molar refractivity (Wildman–Crippen MR) is 424 cm³/mol. The third kappa shape index (κ3) is 7.60. The normalized spacial score (nSPS) is 13.6. The van der Waals surface area contributed by atoms with Crippen molar-refractivity contribution in [2.24, 2.45) is 0 Å². The van der Waals surface area contributed by atoms with Gasteiger partial charge < -0.3 is 9.80 Å². The quantitative estimate of drug-likeness (QED) is 0.147. The summed E-state index contributed by atoms with van der Waals surface area (Å²) in [7, 11) is 0. The van der Waals surface area contributed by atoms with Gasteiger partial charge in [-0.1, -0.05) is 261 Å². The third-order valence-corrected chi connectivity index (χ3v) is 23.2. The Bertz CT molecular complexity index is 6530. The molecule has 0 radical (unpaired) electrons. The first-order valence-electron chi connectivity index (χ1n) is 35.4. The molecule has 101 heavy (non-hydrogen) atoms. The molecule has 0 amide bonds. The largest absolute Gasteiger partial charge is 0.310 e. The molecule has 4 aliphatic carbocycles. The Labute approximate surface area is 586 Å². The van der Waals surface area contributed by atoms with E-state index in [1.165, 1.54) is 165 Å². The van der Waals surface area contributed by atoms with E-state index in [0.29, 0.717) is 0 Å². The first-order chi connectivity index (χ1) is 50.0. The molecule has 0 aliphatic heterocycles. The molecule has 22 rings (SSSR count). The van der Waals surface area contributed by atoms with Crippen molar-refractivity contribution in [2.75, 3.05) is 9.80 Å². The maximum Gasteiger partial charge on any atom is 0.0731 e. The molecule has 4 aliphatic rings.